The summed E-state index contributed by atoms with van der Waals surface area (Å²) in [6, 6.07) is 6.41. The molecule has 0 unspecified atom stereocenters. The summed E-state index contributed by atoms with van der Waals surface area (Å²) < 4.78 is 0. The van der Waals surface area contributed by atoms with Gasteiger partial charge in [-0.3, -0.25) is 4.98 Å². The lowest BCUT2D eigenvalue weighted by atomic mass is 9.96. The van der Waals surface area contributed by atoms with E-state index in [1.165, 1.54) is 11.4 Å². The van der Waals surface area contributed by atoms with Crippen molar-refractivity contribution in [3.63, 3.8) is 0 Å². The SMILES string of the molecule is CC(C)c1cccc(C2CN(C)C2)n1. The number of likely N-dealkylation sites (tertiary alicyclic amines) is 1. The molecule has 0 N–H and O–H groups in total. The molecule has 1 aromatic rings. The van der Waals surface area contributed by atoms with Gasteiger partial charge in [0.25, 0.3) is 0 Å². The minimum atomic E-state index is 0.535. The molecule has 0 aromatic carbocycles. The van der Waals surface area contributed by atoms with Gasteiger partial charge in [-0.25, -0.2) is 0 Å². The van der Waals surface area contributed by atoms with Gasteiger partial charge in [0.05, 0.1) is 0 Å². The molecule has 1 saturated heterocycles. The second kappa shape index (κ2) is 3.70. The minimum absolute atomic E-state index is 0.535. The predicted octanol–water partition coefficient (Wildman–Crippen LogP) is 2.23. The van der Waals surface area contributed by atoms with Crippen LogP contribution in [0, 0.1) is 0 Å². The van der Waals surface area contributed by atoms with Gasteiger partial charge in [-0.15, -0.1) is 0 Å². The van der Waals surface area contributed by atoms with Crippen LogP contribution in [0.15, 0.2) is 18.2 Å². The molecule has 0 radical (unpaired) electrons. The molecule has 1 aliphatic heterocycles. The first-order chi connectivity index (χ1) is 6.66. The molecule has 2 rings (SSSR count). The maximum absolute atomic E-state index is 4.70. The van der Waals surface area contributed by atoms with Crippen LogP contribution >= 0.6 is 0 Å². The molecule has 1 fully saturated rings. The average Bonchev–Trinajstić information content (AvgIpc) is 2.13. The molecule has 0 saturated carbocycles. The molecule has 14 heavy (non-hydrogen) atoms. The Morgan fingerprint density at radius 3 is 2.64 bits per heavy atom. The summed E-state index contributed by atoms with van der Waals surface area (Å²) in [5, 5.41) is 0. The maximum Gasteiger partial charge on any atom is 0.0463 e. The van der Waals surface area contributed by atoms with Crippen LogP contribution in [-0.4, -0.2) is 30.0 Å². The Balaban J connectivity index is 2.14. The zero-order chi connectivity index (χ0) is 10.1. The summed E-state index contributed by atoms with van der Waals surface area (Å²) in [7, 11) is 2.16. The lowest BCUT2D eigenvalue weighted by Crippen LogP contribution is -2.42. The molecule has 0 amide bonds. The molecular formula is C12H18N2. The number of hydrogen-bond donors (Lipinski definition) is 0. The summed E-state index contributed by atoms with van der Waals surface area (Å²) in [6.45, 7) is 6.71. The molecule has 2 heterocycles. The first-order valence-corrected chi connectivity index (χ1v) is 5.32. The molecule has 76 valence electrons. The van der Waals surface area contributed by atoms with Gasteiger partial charge >= 0.3 is 0 Å². The molecule has 0 bridgehead atoms. The van der Waals surface area contributed by atoms with Crippen LogP contribution in [-0.2, 0) is 0 Å². The maximum atomic E-state index is 4.70. The van der Waals surface area contributed by atoms with Crippen molar-refractivity contribution in [3.05, 3.63) is 29.6 Å². The van der Waals surface area contributed by atoms with Crippen molar-refractivity contribution in [3.8, 4) is 0 Å². The molecule has 0 atom stereocenters. The quantitative estimate of drug-likeness (QED) is 0.711. The van der Waals surface area contributed by atoms with E-state index in [0.717, 1.165) is 13.1 Å². The van der Waals surface area contributed by atoms with Gasteiger partial charge < -0.3 is 4.90 Å². The topological polar surface area (TPSA) is 16.1 Å². The van der Waals surface area contributed by atoms with Gasteiger partial charge in [0.2, 0.25) is 0 Å². The van der Waals surface area contributed by atoms with Crippen LogP contribution in [0.25, 0.3) is 0 Å². The Bertz CT molecular complexity index is 314. The Morgan fingerprint density at radius 1 is 1.36 bits per heavy atom. The highest BCUT2D eigenvalue weighted by Crippen LogP contribution is 2.25. The smallest absolute Gasteiger partial charge is 0.0463 e. The Morgan fingerprint density at radius 2 is 2.07 bits per heavy atom. The lowest BCUT2D eigenvalue weighted by Gasteiger charge is -2.35. The van der Waals surface area contributed by atoms with Crippen molar-refractivity contribution in [1.82, 2.24) is 9.88 Å². The van der Waals surface area contributed by atoms with Crippen molar-refractivity contribution < 1.29 is 0 Å². The third-order valence-corrected chi connectivity index (χ3v) is 2.87. The number of rotatable bonds is 2. The molecule has 0 aliphatic carbocycles. The standard InChI is InChI=1S/C12H18N2/c1-9(2)11-5-4-6-12(13-11)10-7-14(3)8-10/h4-6,9-10H,7-8H2,1-3H3. The van der Waals surface area contributed by atoms with E-state index >= 15 is 0 Å². The Kier molecular flexibility index (Phi) is 2.55. The first kappa shape index (κ1) is 9.66. The van der Waals surface area contributed by atoms with E-state index in [4.69, 9.17) is 4.98 Å². The average molecular weight is 190 g/mol. The van der Waals surface area contributed by atoms with Gasteiger partial charge in [-0.2, -0.15) is 0 Å². The Hall–Kier alpha value is -0.890. The highest BCUT2D eigenvalue weighted by molar-refractivity contribution is 5.19. The molecule has 0 spiro atoms. The van der Waals surface area contributed by atoms with Crippen LogP contribution in [0.4, 0.5) is 0 Å². The van der Waals surface area contributed by atoms with Crippen molar-refractivity contribution >= 4 is 0 Å². The highest BCUT2D eigenvalue weighted by Gasteiger charge is 2.25. The number of nitrogens with zero attached hydrogens (tertiary/aromatic N) is 2. The van der Waals surface area contributed by atoms with Gasteiger partial charge in [-0.1, -0.05) is 19.9 Å². The van der Waals surface area contributed by atoms with Crippen LogP contribution in [0.3, 0.4) is 0 Å². The number of likely N-dealkylation sites (N-methyl/N-ethyl adjacent to an activating group) is 1. The van der Waals surface area contributed by atoms with Gasteiger partial charge in [-0.05, 0) is 25.1 Å². The van der Waals surface area contributed by atoms with E-state index in [2.05, 4.69) is 44.0 Å². The fourth-order valence-corrected chi connectivity index (χ4v) is 1.90. The lowest BCUT2D eigenvalue weighted by molar-refractivity contribution is 0.186. The van der Waals surface area contributed by atoms with Crippen LogP contribution in [0.2, 0.25) is 0 Å². The van der Waals surface area contributed by atoms with Crippen molar-refractivity contribution in [2.45, 2.75) is 25.7 Å². The minimum Gasteiger partial charge on any atom is -0.305 e. The summed E-state index contributed by atoms with van der Waals surface area (Å²) in [5.74, 6) is 1.20. The van der Waals surface area contributed by atoms with Crippen LogP contribution in [0.1, 0.15) is 37.1 Å². The van der Waals surface area contributed by atoms with E-state index in [9.17, 15) is 0 Å². The monoisotopic (exact) mass is 190 g/mol. The zero-order valence-electron chi connectivity index (χ0n) is 9.20. The third-order valence-electron chi connectivity index (χ3n) is 2.87. The van der Waals surface area contributed by atoms with E-state index in [1.807, 2.05) is 0 Å². The van der Waals surface area contributed by atoms with Gasteiger partial charge in [0.15, 0.2) is 0 Å². The number of pyridine rings is 1. The molecule has 2 nitrogen and oxygen atoms in total. The zero-order valence-corrected chi connectivity index (χ0v) is 9.20. The molecule has 2 heteroatoms. The number of aromatic nitrogens is 1. The van der Waals surface area contributed by atoms with Crippen LogP contribution < -0.4 is 0 Å². The first-order valence-electron chi connectivity index (χ1n) is 5.32. The second-order valence-corrected chi connectivity index (χ2v) is 4.56. The van der Waals surface area contributed by atoms with Crippen molar-refractivity contribution in [2.75, 3.05) is 20.1 Å². The summed E-state index contributed by atoms with van der Waals surface area (Å²) >= 11 is 0. The van der Waals surface area contributed by atoms with Gasteiger partial charge in [0, 0.05) is 30.4 Å². The second-order valence-electron chi connectivity index (χ2n) is 4.56. The fourth-order valence-electron chi connectivity index (χ4n) is 1.90. The largest absolute Gasteiger partial charge is 0.305 e. The molecule has 1 aliphatic rings. The summed E-state index contributed by atoms with van der Waals surface area (Å²) in [6.07, 6.45) is 0. The fraction of sp³-hybridized carbons (Fsp3) is 0.583. The van der Waals surface area contributed by atoms with E-state index in [-0.39, 0.29) is 0 Å². The van der Waals surface area contributed by atoms with Crippen LogP contribution in [0.5, 0.6) is 0 Å². The van der Waals surface area contributed by atoms with Gasteiger partial charge in [0.1, 0.15) is 0 Å². The van der Waals surface area contributed by atoms with E-state index < -0.39 is 0 Å². The summed E-state index contributed by atoms with van der Waals surface area (Å²) in [5.41, 5.74) is 2.49. The highest BCUT2D eigenvalue weighted by atomic mass is 15.2. The van der Waals surface area contributed by atoms with E-state index in [1.54, 1.807) is 0 Å². The predicted molar refractivity (Wildman–Crippen MR) is 58.6 cm³/mol. The Labute approximate surface area is 86.0 Å². The van der Waals surface area contributed by atoms with Crippen molar-refractivity contribution in [2.24, 2.45) is 0 Å². The normalized spacial score (nSPS) is 18.6. The van der Waals surface area contributed by atoms with Crippen molar-refractivity contribution in [1.29, 1.82) is 0 Å². The summed E-state index contributed by atoms with van der Waals surface area (Å²) in [4.78, 5) is 7.03. The van der Waals surface area contributed by atoms with E-state index in [0.29, 0.717) is 11.8 Å². The molecule has 1 aromatic heterocycles. The molecular weight excluding hydrogens is 172 g/mol. The number of hydrogen-bond acceptors (Lipinski definition) is 2. The third kappa shape index (κ3) is 1.80.